The van der Waals surface area contributed by atoms with Crippen LogP contribution in [0, 0.1) is 27.7 Å². The van der Waals surface area contributed by atoms with Crippen LogP contribution in [0.1, 0.15) is 22.3 Å². The van der Waals surface area contributed by atoms with Crippen molar-refractivity contribution in [1.82, 2.24) is 0 Å². The third-order valence-electron chi connectivity index (χ3n) is 14.6. The Bertz CT molecular complexity index is 4280. The summed E-state index contributed by atoms with van der Waals surface area (Å²) in [6, 6.07) is 78.5. The zero-order valence-electron chi connectivity index (χ0n) is 41.0. The minimum absolute atomic E-state index is 0.158. The summed E-state index contributed by atoms with van der Waals surface area (Å²) in [5, 5.41) is 18.8. The number of aryl methyl sites for hydroxylation is 4. The molecule has 0 fully saturated rings. The number of aromatic hydroxyl groups is 1. The number of furan rings is 2. The minimum atomic E-state index is 0.158. The highest BCUT2D eigenvalue weighted by Crippen LogP contribution is 2.56. The Morgan fingerprint density at radius 3 is 1.51 bits per heavy atom. The topological polar surface area (TPSA) is 53.0 Å². The van der Waals surface area contributed by atoms with Gasteiger partial charge in [-0.15, -0.1) is 0 Å². The van der Waals surface area contributed by atoms with Crippen LogP contribution in [0.25, 0.3) is 88.0 Å². The number of fused-ring (bicyclic) bond motifs is 7. The van der Waals surface area contributed by atoms with Gasteiger partial charge in [0, 0.05) is 49.4 Å². The summed E-state index contributed by atoms with van der Waals surface area (Å²) in [6.07, 6.45) is 0. The van der Waals surface area contributed by atoms with Crippen molar-refractivity contribution in [2.45, 2.75) is 27.7 Å². The summed E-state index contributed by atoms with van der Waals surface area (Å²) in [5.41, 5.74) is 18.9. The van der Waals surface area contributed by atoms with Crippen molar-refractivity contribution in [2.24, 2.45) is 0 Å². The molecule has 13 aromatic rings. The van der Waals surface area contributed by atoms with E-state index < -0.39 is 0 Å². The van der Waals surface area contributed by atoms with E-state index in [2.05, 4.69) is 232 Å². The van der Waals surface area contributed by atoms with Crippen LogP contribution in [0.2, 0.25) is 0 Å². The Balaban J connectivity index is 1.11. The lowest BCUT2D eigenvalue weighted by Gasteiger charge is -2.32. The summed E-state index contributed by atoms with van der Waals surface area (Å²) < 4.78 is 14.5. The van der Waals surface area contributed by atoms with E-state index in [0.29, 0.717) is 11.3 Å². The molecule has 0 unspecified atom stereocenters. The fourth-order valence-electron chi connectivity index (χ4n) is 11.0. The Morgan fingerprint density at radius 1 is 0.342 bits per heavy atom. The zero-order valence-corrected chi connectivity index (χ0v) is 41.0. The molecule has 0 aliphatic carbocycles. The van der Waals surface area contributed by atoms with Crippen molar-refractivity contribution in [3.05, 3.63) is 247 Å². The van der Waals surface area contributed by atoms with Crippen molar-refractivity contribution in [3.63, 3.8) is 0 Å². The molecule has 0 radical (unpaired) electrons. The van der Waals surface area contributed by atoms with Crippen molar-refractivity contribution in [1.29, 1.82) is 0 Å². The quantitative estimate of drug-likeness (QED) is 0.146. The van der Waals surface area contributed by atoms with Crippen LogP contribution < -0.4 is 9.80 Å². The van der Waals surface area contributed by atoms with Crippen LogP contribution >= 0.6 is 0 Å². The Morgan fingerprint density at radius 2 is 0.822 bits per heavy atom. The van der Waals surface area contributed by atoms with E-state index in [1.807, 2.05) is 30.3 Å². The van der Waals surface area contributed by atoms with E-state index >= 15 is 0 Å². The van der Waals surface area contributed by atoms with Crippen LogP contribution in [0.5, 0.6) is 5.75 Å². The summed E-state index contributed by atoms with van der Waals surface area (Å²) in [4.78, 5) is 4.55. The van der Waals surface area contributed by atoms with Crippen molar-refractivity contribution < 1.29 is 13.9 Å². The number of benzene rings is 11. The van der Waals surface area contributed by atoms with Gasteiger partial charge in [-0.1, -0.05) is 187 Å². The molecule has 2 aromatic heterocycles. The van der Waals surface area contributed by atoms with Crippen LogP contribution in [0.3, 0.4) is 0 Å². The van der Waals surface area contributed by atoms with Gasteiger partial charge >= 0.3 is 0 Å². The monoisotopic (exact) mass is 942 g/mol. The smallest absolute Gasteiger partial charge is 0.162 e. The molecular weight excluding hydrogens is 893 g/mol. The zero-order chi connectivity index (χ0) is 49.3. The molecule has 5 nitrogen and oxygen atoms in total. The van der Waals surface area contributed by atoms with E-state index in [4.69, 9.17) is 8.83 Å². The molecule has 0 saturated carbocycles. The number of para-hydroxylation sites is 4. The number of anilines is 6. The number of hydrogen-bond acceptors (Lipinski definition) is 5. The van der Waals surface area contributed by atoms with Crippen LogP contribution in [-0.2, 0) is 0 Å². The van der Waals surface area contributed by atoms with Crippen molar-refractivity contribution in [2.75, 3.05) is 9.80 Å². The van der Waals surface area contributed by atoms with E-state index in [1.165, 1.54) is 11.1 Å². The van der Waals surface area contributed by atoms with Gasteiger partial charge in [0.05, 0.1) is 28.1 Å². The number of phenolic OH excluding ortho intramolecular Hbond substituents is 1. The summed E-state index contributed by atoms with van der Waals surface area (Å²) >= 11 is 0. The number of hydrogen-bond donors (Lipinski definition) is 1. The Kier molecular flexibility index (Phi) is 10.5. The maximum absolute atomic E-state index is 12.9. The van der Waals surface area contributed by atoms with Crippen molar-refractivity contribution >= 4 is 88.8 Å². The fraction of sp³-hybridized carbons (Fsp3) is 0.0588. The molecule has 0 spiro atoms. The molecule has 350 valence electrons. The number of phenols is 1. The lowest BCUT2D eigenvalue weighted by atomic mass is 9.95. The molecule has 1 N–H and O–H groups in total. The first-order valence-electron chi connectivity index (χ1n) is 24.9. The van der Waals surface area contributed by atoms with Gasteiger partial charge in [-0.25, -0.2) is 0 Å². The average Bonchev–Trinajstić information content (AvgIpc) is 4.01. The molecular formula is C68H50N2O3. The molecule has 0 atom stereocenters. The summed E-state index contributed by atoms with van der Waals surface area (Å²) in [7, 11) is 0. The molecule has 0 amide bonds. The lowest BCUT2D eigenvalue weighted by molar-refractivity contribution is 0.478. The van der Waals surface area contributed by atoms with Gasteiger partial charge in [0.2, 0.25) is 0 Å². The maximum Gasteiger partial charge on any atom is 0.162 e. The predicted octanol–water partition coefficient (Wildman–Crippen LogP) is 19.5. The largest absolute Gasteiger partial charge is 0.505 e. The first-order valence-corrected chi connectivity index (χ1v) is 24.9. The van der Waals surface area contributed by atoms with Crippen LogP contribution in [-0.4, -0.2) is 5.11 Å². The van der Waals surface area contributed by atoms with E-state index in [9.17, 15) is 5.11 Å². The first-order chi connectivity index (χ1) is 35.8. The summed E-state index contributed by atoms with van der Waals surface area (Å²) in [5.74, 6) is 0.158. The standard InChI is InChI=1S/C68H50N2O3/c1-42-33-37-48(38-34-42)69(59-30-15-26-52(65(59)71)47-20-13-19-46(41-47)50-21-7-5-17-44(50)3)64-54-24-10-9-23-53(54)63(62-58-25-11-12-32-61(58)72-68(62)64)70(49-39-35-43(2)36-40-49)60-31-16-29-57-56-28-14-27-55(66(56)73-67(57)60)51-22-8-6-18-45(51)4/h5-41,71H,1-4H3. The van der Waals surface area contributed by atoms with E-state index in [1.54, 1.807) is 0 Å². The molecule has 0 aliphatic heterocycles. The van der Waals surface area contributed by atoms with E-state index in [-0.39, 0.29) is 5.75 Å². The van der Waals surface area contributed by atoms with E-state index in [0.717, 1.165) is 122 Å². The highest BCUT2D eigenvalue weighted by atomic mass is 16.3. The molecule has 2 heterocycles. The van der Waals surface area contributed by atoms with Gasteiger partial charge in [0.25, 0.3) is 0 Å². The van der Waals surface area contributed by atoms with Crippen LogP contribution in [0.15, 0.2) is 233 Å². The normalized spacial score (nSPS) is 11.6. The average molecular weight is 943 g/mol. The van der Waals surface area contributed by atoms with Crippen LogP contribution in [0.4, 0.5) is 34.1 Å². The second-order valence-corrected chi connectivity index (χ2v) is 19.2. The molecule has 0 aliphatic rings. The lowest BCUT2D eigenvalue weighted by Crippen LogP contribution is -2.14. The van der Waals surface area contributed by atoms with Crippen molar-refractivity contribution in [3.8, 4) is 39.1 Å². The number of rotatable bonds is 9. The maximum atomic E-state index is 12.9. The SMILES string of the molecule is Cc1ccc(N(c2cccc(-c3cccc(-c4ccccc4C)c3)c2O)c2c3ccccc3c(N(c3ccc(C)cc3)c3cccc4c3oc3c(-c5ccccc5C)cccc34)c3c2oc2ccccc23)cc1. The molecule has 13 rings (SSSR count). The molecule has 5 heteroatoms. The molecule has 0 bridgehead atoms. The van der Waals surface area contributed by atoms with Gasteiger partial charge in [-0.3, -0.25) is 0 Å². The third-order valence-corrected chi connectivity index (χ3v) is 14.6. The second kappa shape index (κ2) is 17.5. The first kappa shape index (κ1) is 43.7. The Labute approximate surface area is 424 Å². The van der Waals surface area contributed by atoms with Gasteiger partial charge in [0.1, 0.15) is 16.9 Å². The van der Waals surface area contributed by atoms with Gasteiger partial charge < -0.3 is 23.7 Å². The van der Waals surface area contributed by atoms with Gasteiger partial charge in [-0.05, 0) is 110 Å². The molecule has 73 heavy (non-hydrogen) atoms. The van der Waals surface area contributed by atoms with Gasteiger partial charge in [0.15, 0.2) is 11.2 Å². The minimum Gasteiger partial charge on any atom is -0.505 e. The predicted molar refractivity (Wildman–Crippen MR) is 305 cm³/mol. The Hall–Kier alpha value is -9.32. The van der Waals surface area contributed by atoms with Gasteiger partial charge in [-0.2, -0.15) is 0 Å². The second-order valence-electron chi connectivity index (χ2n) is 19.2. The highest BCUT2D eigenvalue weighted by Gasteiger charge is 2.32. The molecule has 0 saturated heterocycles. The fourth-order valence-corrected chi connectivity index (χ4v) is 11.0. The number of nitrogens with zero attached hydrogens (tertiary/aromatic N) is 2. The molecule has 11 aromatic carbocycles. The summed E-state index contributed by atoms with van der Waals surface area (Å²) in [6.45, 7) is 8.51. The third kappa shape index (κ3) is 7.23. The highest BCUT2D eigenvalue weighted by molar-refractivity contribution is 6.29.